The fourth-order valence-electron chi connectivity index (χ4n) is 2.96. The molecule has 2 unspecified atom stereocenters. The van der Waals surface area contributed by atoms with Crippen LogP contribution in [-0.4, -0.2) is 25.2 Å². The Morgan fingerprint density at radius 1 is 1.19 bits per heavy atom. The summed E-state index contributed by atoms with van der Waals surface area (Å²) in [4.78, 5) is 12.0. The van der Waals surface area contributed by atoms with Crippen LogP contribution in [0.15, 0.2) is 42.5 Å². The zero-order chi connectivity index (χ0) is 19.2. The van der Waals surface area contributed by atoms with Gasteiger partial charge in [0.2, 0.25) is 0 Å². The van der Waals surface area contributed by atoms with E-state index in [4.69, 9.17) is 11.2 Å². The second-order valence-electron chi connectivity index (χ2n) is 6.37. The molecule has 0 spiro atoms. The lowest BCUT2D eigenvalue weighted by molar-refractivity contribution is 0.240. The van der Waals surface area contributed by atoms with Gasteiger partial charge in [0.25, 0.3) is 0 Å². The van der Waals surface area contributed by atoms with Crippen molar-refractivity contribution < 1.29 is 18.3 Å². The van der Waals surface area contributed by atoms with Gasteiger partial charge < -0.3 is 15.4 Å². The van der Waals surface area contributed by atoms with Gasteiger partial charge in [0.1, 0.15) is 24.0 Å². The van der Waals surface area contributed by atoms with Crippen molar-refractivity contribution in [1.82, 2.24) is 10.6 Å². The molecule has 1 aliphatic rings. The van der Waals surface area contributed by atoms with Crippen molar-refractivity contribution >= 4 is 6.03 Å². The zero-order valence-corrected chi connectivity index (χ0v) is 14.7. The van der Waals surface area contributed by atoms with E-state index in [9.17, 15) is 13.6 Å². The van der Waals surface area contributed by atoms with Gasteiger partial charge in [0.05, 0.1) is 0 Å². The third-order valence-corrected chi connectivity index (χ3v) is 4.42. The van der Waals surface area contributed by atoms with Gasteiger partial charge in [-0.2, -0.15) is 0 Å². The number of hydrogen-bond donors (Lipinski definition) is 2. The third kappa shape index (κ3) is 4.98. The Hall–Kier alpha value is -3.07. The van der Waals surface area contributed by atoms with E-state index in [-0.39, 0.29) is 30.2 Å². The van der Waals surface area contributed by atoms with Crippen LogP contribution in [0, 0.1) is 24.0 Å². The van der Waals surface area contributed by atoms with E-state index in [2.05, 4.69) is 16.6 Å². The van der Waals surface area contributed by atoms with Gasteiger partial charge in [0, 0.05) is 24.1 Å². The van der Waals surface area contributed by atoms with E-state index >= 15 is 0 Å². The lowest BCUT2D eigenvalue weighted by atomic mass is 10.1. The molecule has 6 heteroatoms. The van der Waals surface area contributed by atoms with Gasteiger partial charge in [-0.05, 0) is 42.7 Å². The quantitative estimate of drug-likeness (QED) is 0.734. The Kier molecular flexibility index (Phi) is 5.92. The van der Waals surface area contributed by atoms with Crippen LogP contribution in [-0.2, 0) is 6.42 Å². The SMILES string of the molecule is C#CCOc1ccc(CCNC(=O)NC2CC2c2c(F)cccc2F)cc1. The van der Waals surface area contributed by atoms with Crippen LogP contribution in [0.3, 0.4) is 0 Å². The van der Waals surface area contributed by atoms with Gasteiger partial charge >= 0.3 is 6.03 Å². The summed E-state index contributed by atoms with van der Waals surface area (Å²) in [7, 11) is 0. The maximum absolute atomic E-state index is 13.8. The van der Waals surface area contributed by atoms with Crippen LogP contribution < -0.4 is 15.4 Å². The molecule has 0 bridgehead atoms. The van der Waals surface area contributed by atoms with E-state index < -0.39 is 11.6 Å². The first-order valence-corrected chi connectivity index (χ1v) is 8.72. The van der Waals surface area contributed by atoms with E-state index in [1.54, 1.807) is 0 Å². The monoisotopic (exact) mass is 370 g/mol. The van der Waals surface area contributed by atoms with Crippen LogP contribution in [0.25, 0.3) is 0 Å². The summed E-state index contributed by atoms with van der Waals surface area (Å²) >= 11 is 0. The Bertz CT molecular complexity index is 826. The molecular weight excluding hydrogens is 350 g/mol. The number of hydrogen-bond acceptors (Lipinski definition) is 2. The highest BCUT2D eigenvalue weighted by molar-refractivity contribution is 5.74. The van der Waals surface area contributed by atoms with Gasteiger partial charge in [-0.1, -0.05) is 24.1 Å². The van der Waals surface area contributed by atoms with Crippen LogP contribution in [0.4, 0.5) is 13.6 Å². The molecule has 2 amide bonds. The first-order chi connectivity index (χ1) is 13.1. The van der Waals surface area contributed by atoms with Crippen molar-refractivity contribution in [3.05, 3.63) is 65.2 Å². The van der Waals surface area contributed by atoms with Crippen LogP contribution in [0.1, 0.15) is 23.5 Å². The highest BCUT2D eigenvalue weighted by Gasteiger charge is 2.42. The zero-order valence-electron chi connectivity index (χ0n) is 14.7. The number of ether oxygens (including phenoxy) is 1. The Morgan fingerprint density at radius 3 is 2.56 bits per heavy atom. The first kappa shape index (κ1) is 18.7. The topological polar surface area (TPSA) is 50.4 Å². The number of amides is 2. The molecule has 0 aromatic heterocycles. The maximum Gasteiger partial charge on any atom is 0.315 e. The summed E-state index contributed by atoms with van der Waals surface area (Å²) in [5, 5.41) is 5.51. The molecule has 1 aliphatic carbocycles. The van der Waals surface area contributed by atoms with E-state index in [0.717, 1.165) is 5.56 Å². The Balaban J connectivity index is 1.40. The molecule has 2 atom stereocenters. The minimum atomic E-state index is -0.570. The van der Waals surface area contributed by atoms with Crippen molar-refractivity contribution in [3.63, 3.8) is 0 Å². The number of carbonyl (C=O) groups is 1. The summed E-state index contributed by atoms with van der Waals surface area (Å²) in [5.74, 6) is 1.64. The lowest BCUT2D eigenvalue weighted by Gasteiger charge is -2.09. The molecule has 2 N–H and O–H groups in total. The summed E-state index contributed by atoms with van der Waals surface area (Å²) in [6, 6.07) is 10.7. The first-order valence-electron chi connectivity index (χ1n) is 8.72. The molecule has 4 nitrogen and oxygen atoms in total. The predicted molar refractivity (Wildman–Crippen MR) is 98.5 cm³/mol. The maximum atomic E-state index is 13.8. The largest absolute Gasteiger partial charge is 0.481 e. The summed E-state index contributed by atoms with van der Waals surface area (Å²) < 4.78 is 32.8. The molecule has 140 valence electrons. The average Bonchev–Trinajstić information content (AvgIpc) is 3.39. The number of halogens is 2. The lowest BCUT2D eigenvalue weighted by Crippen LogP contribution is -2.38. The smallest absolute Gasteiger partial charge is 0.315 e. The van der Waals surface area contributed by atoms with Crippen LogP contribution >= 0.6 is 0 Å². The van der Waals surface area contributed by atoms with Crippen molar-refractivity contribution in [2.24, 2.45) is 0 Å². The fraction of sp³-hybridized carbons (Fsp3) is 0.286. The molecule has 1 saturated carbocycles. The number of carbonyl (C=O) groups excluding carboxylic acids is 1. The Morgan fingerprint density at radius 2 is 1.89 bits per heavy atom. The van der Waals surface area contributed by atoms with E-state index in [1.165, 1.54) is 18.2 Å². The van der Waals surface area contributed by atoms with Crippen molar-refractivity contribution in [2.45, 2.75) is 24.8 Å². The second-order valence-corrected chi connectivity index (χ2v) is 6.37. The highest BCUT2D eigenvalue weighted by Crippen LogP contribution is 2.42. The number of nitrogens with one attached hydrogen (secondary N) is 2. The molecule has 0 aliphatic heterocycles. The molecule has 0 saturated heterocycles. The molecule has 27 heavy (non-hydrogen) atoms. The van der Waals surface area contributed by atoms with Crippen molar-refractivity contribution in [2.75, 3.05) is 13.2 Å². The molecule has 0 radical (unpaired) electrons. The minimum absolute atomic E-state index is 0.0509. The summed E-state index contributed by atoms with van der Waals surface area (Å²) in [6.07, 6.45) is 6.32. The minimum Gasteiger partial charge on any atom is -0.481 e. The number of rotatable bonds is 7. The Labute approximate surface area is 156 Å². The van der Waals surface area contributed by atoms with Crippen LogP contribution in [0.2, 0.25) is 0 Å². The van der Waals surface area contributed by atoms with Gasteiger partial charge in [0.15, 0.2) is 0 Å². The van der Waals surface area contributed by atoms with E-state index in [0.29, 0.717) is 25.1 Å². The number of benzene rings is 2. The molecule has 2 aromatic rings. The normalized spacial score (nSPS) is 17.7. The van der Waals surface area contributed by atoms with Gasteiger partial charge in [-0.25, -0.2) is 13.6 Å². The van der Waals surface area contributed by atoms with E-state index in [1.807, 2.05) is 24.3 Å². The molecule has 1 fully saturated rings. The summed E-state index contributed by atoms with van der Waals surface area (Å²) in [6.45, 7) is 0.669. The average molecular weight is 370 g/mol. The molecule has 0 heterocycles. The van der Waals surface area contributed by atoms with Gasteiger partial charge in [-0.3, -0.25) is 0 Å². The molecule has 3 rings (SSSR count). The molecule has 2 aromatic carbocycles. The number of terminal acetylenes is 1. The predicted octanol–water partition coefficient (Wildman–Crippen LogP) is 3.37. The standard InChI is InChI=1S/C21H20F2N2O2/c1-2-12-27-15-8-6-14(7-9-15)10-11-24-21(26)25-19-13-16(19)20-17(22)4-3-5-18(20)23/h1,3-9,16,19H,10-13H2,(H2,24,25,26). The highest BCUT2D eigenvalue weighted by atomic mass is 19.1. The number of urea groups is 1. The van der Waals surface area contributed by atoms with Crippen molar-refractivity contribution in [3.8, 4) is 18.1 Å². The second kappa shape index (κ2) is 8.54. The molecular formula is C21H20F2N2O2. The fourth-order valence-corrected chi connectivity index (χ4v) is 2.96. The van der Waals surface area contributed by atoms with Gasteiger partial charge in [-0.15, -0.1) is 6.42 Å². The summed E-state index contributed by atoms with van der Waals surface area (Å²) in [5.41, 5.74) is 1.09. The van der Waals surface area contributed by atoms with Crippen molar-refractivity contribution in [1.29, 1.82) is 0 Å². The van der Waals surface area contributed by atoms with Crippen LogP contribution in [0.5, 0.6) is 5.75 Å². The third-order valence-electron chi connectivity index (χ3n) is 4.42.